The molecule has 1 aromatic heterocycles. The Kier molecular flexibility index (Phi) is 5.60. The number of methoxy groups -OCH3 is 1. The largest absolute Gasteiger partial charge is 0.465 e. The minimum absolute atomic E-state index is 0.0648. The molecule has 2 heterocycles. The van der Waals surface area contributed by atoms with Crippen LogP contribution in [0, 0.1) is 6.92 Å². The Labute approximate surface area is 184 Å². The van der Waals surface area contributed by atoms with Gasteiger partial charge in [-0.1, -0.05) is 17.7 Å². The number of anilines is 1. The Hall–Kier alpha value is -3.10. The van der Waals surface area contributed by atoms with Crippen molar-refractivity contribution in [3.8, 4) is 11.5 Å². The van der Waals surface area contributed by atoms with Gasteiger partial charge in [0.05, 0.1) is 23.4 Å². The number of hydrogen-bond donors (Lipinski definition) is 1. The highest BCUT2D eigenvalue weighted by molar-refractivity contribution is 7.90. The molecule has 0 radical (unpaired) electrons. The number of benzene rings is 2. The molecule has 160 valence electrons. The lowest BCUT2D eigenvalue weighted by molar-refractivity contribution is 0.0600. The number of esters is 1. The second-order valence-electron chi connectivity index (χ2n) is 7.13. The van der Waals surface area contributed by atoms with Gasteiger partial charge in [0.25, 0.3) is 0 Å². The van der Waals surface area contributed by atoms with Crippen molar-refractivity contribution in [3.05, 3.63) is 76.1 Å². The number of hydrogen-bond acceptors (Lipinski definition) is 7. The third kappa shape index (κ3) is 4.22. The molecule has 2 aromatic carbocycles. The van der Waals surface area contributed by atoms with Crippen LogP contribution in [0.3, 0.4) is 0 Å². The third-order valence-corrected chi connectivity index (χ3v) is 6.83. The normalized spacial score (nSPS) is 13.9. The van der Waals surface area contributed by atoms with E-state index in [0.29, 0.717) is 23.4 Å². The van der Waals surface area contributed by atoms with E-state index < -0.39 is 15.8 Å². The molecule has 0 amide bonds. The number of aryl methyl sites for hydroxylation is 1. The fraction of sp³-hybridized carbons (Fsp3) is 0.182. The van der Waals surface area contributed by atoms with E-state index in [9.17, 15) is 13.2 Å². The number of aromatic nitrogens is 1. The average Bonchev–Trinajstić information content (AvgIpc) is 2.86. The topological polar surface area (TPSA) is 94.6 Å². The quantitative estimate of drug-likeness (QED) is 0.574. The Morgan fingerprint density at radius 1 is 1.26 bits per heavy atom. The molecular weight excluding hydrogens is 440 g/mol. The molecule has 0 saturated heterocycles. The van der Waals surface area contributed by atoms with Gasteiger partial charge in [-0.05, 0) is 48.4 Å². The highest BCUT2D eigenvalue weighted by atomic mass is 35.5. The van der Waals surface area contributed by atoms with Crippen LogP contribution >= 0.6 is 11.6 Å². The van der Waals surface area contributed by atoms with Crippen molar-refractivity contribution in [2.24, 2.45) is 0 Å². The van der Waals surface area contributed by atoms with Gasteiger partial charge in [-0.15, -0.1) is 0 Å². The third-order valence-electron chi connectivity index (χ3n) is 4.89. The van der Waals surface area contributed by atoms with Crippen molar-refractivity contribution in [3.63, 3.8) is 0 Å². The summed E-state index contributed by atoms with van der Waals surface area (Å²) in [4.78, 5) is 16.0. The second kappa shape index (κ2) is 8.20. The van der Waals surface area contributed by atoms with Gasteiger partial charge in [-0.2, -0.15) is 0 Å². The van der Waals surface area contributed by atoms with Crippen molar-refractivity contribution in [2.75, 3.05) is 12.4 Å². The van der Waals surface area contributed by atoms with Crippen molar-refractivity contribution >= 4 is 33.1 Å². The summed E-state index contributed by atoms with van der Waals surface area (Å²) in [6.07, 6.45) is 3.43. The zero-order valence-electron chi connectivity index (χ0n) is 16.8. The summed E-state index contributed by atoms with van der Waals surface area (Å²) >= 11 is 6.47. The van der Waals surface area contributed by atoms with Gasteiger partial charge in [-0.3, -0.25) is 4.98 Å². The molecule has 3 aromatic rings. The fourth-order valence-corrected chi connectivity index (χ4v) is 5.25. The smallest absolute Gasteiger partial charge is 0.337 e. The lowest BCUT2D eigenvalue weighted by Gasteiger charge is -2.15. The molecule has 0 bridgehead atoms. The van der Waals surface area contributed by atoms with Crippen molar-refractivity contribution in [1.29, 1.82) is 0 Å². The zero-order valence-corrected chi connectivity index (χ0v) is 18.4. The van der Waals surface area contributed by atoms with Crippen LogP contribution in [0.5, 0.6) is 11.5 Å². The number of fused-ring (bicyclic) bond motifs is 2. The number of nitrogens with one attached hydrogen (secondary N) is 1. The molecule has 31 heavy (non-hydrogen) atoms. The van der Waals surface area contributed by atoms with Gasteiger partial charge in [0.15, 0.2) is 9.84 Å². The summed E-state index contributed by atoms with van der Waals surface area (Å²) in [5, 5.41) is 3.51. The Bertz CT molecular complexity index is 1280. The first kappa shape index (κ1) is 21.1. The number of halogens is 1. The zero-order chi connectivity index (χ0) is 22.2. The van der Waals surface area contributed by atoms with Crippen molar-refractivity contribution in [2.45, 2.75) is 24.1 Å². The minimum Gasteiger partial charge on any atom is -0.465 e. The second-order valence-corrected chi connectivity index (χ2v) is 9.50. The van der Waals surface area contributed by atoms with E-state index in [1.165, 1.54) is 19.2 Å². The summed E-state index contributed by atoms with van der Waals surface area (Å²) < 4.78 is 37.1. The maximum atomic E-state index is 13.2. The van der Waals surface area contributed by atoms with E-state index in [0.717, 1.165) is 5.56 Å². The number of nitrogens with zero attached hydrogens (tertiary/aromatic N) is 1. The number of sulfone groups is 1. The maximum absolute atomic E-state index is 13.2. The molecular formula is C22H19ClN2O5S. The number of carbonyl (C=O) groups excluding carboxylic acids is 1. The molecule has 9 heteroatoms. The molecule has 1 aliphatic rings. The summed E-state index contributed by atoms with van der Waals surface area (Å²) in [5.41, 5.74) is 2.68. The Balaban J connectivity index is 1.73. The predicted octanol–water partition coefficient (Wildman–Crippen LogP) is 4.52. The molecule has 0 unspecified atom stereocenters. The average molecular weight is 459 g/mol. The van der Waals surface area contributed by atoms with Gasteiger partial charge < -0.3 is 14.8 Å². The van der Waals surface area contributed by atoms with Gasteiger partial charge >= 0.3 is 5.97 Å². The first-order valence-corrected chi connectivity index (χ1v) is 11.4. The Morgan fingerprint density at radius 2 is 2.06 bits per heavy atom. The Morgan fingerprint density at radius 3 is 2.77 bits per heavy atom. The van der Waals surface area contributed by atoms with Crippen molar-refractivity contribution < 1.29 is 22.7 Å². The summed E-state index contributed by atoms with van der Waals surface area (Å²) in [6, 6.07) is 9.97. The molecule has 1 N–H and O–H groups in total. The van der Waals surface area contributed by atoms with Crippen LogP contribution in [0.4, 0.5) is 5.69 Å². The van der Waals surface area contributed by atoms with Crippen LogP contribution in [0.1, 0.15) is 27.0 Å². The lowest BCUT2D eigenvalue weighted by Crippen LogP contribution is -2.08. The molecule has 0 spiro atoms. The molecule has 7 nitrogen and oxygen atoms in total. The molecule has 0 fully saturated rings. The van der Waals surface area contributed by atoms with Crippen LogP contribution in [0.15, 0.2) is 53.7 Å². The molecule has 0 atom stereocenters. The molecule has 0 aliphatic carbocycles. The number of pyridine rings is 1. The van der Waals surface area contributed by atoms with Gasteiger partial charge in [0.1, 0.15) is 16.4 Å². The monoisotopic (exact) mass is 458 g/mol. The van der Waals surface area contributed by atoms with E-state index in [2.05, 4.69) is 10.3 Å². The lowest BCUT2D eigenvalue weighted by atomic mass is 10.1. The van der Waals surface area contributed by atoms with Crippen molar-refractivity contribution in [1.82, 2.24) is 4.98 Å². The van der Waals surface area contributed by atoms with Gasteiger partial charge in [0.2, 0.25) is 0 Å². The number of carbonyl (C=O) groups is 1. The summed E-state index contributed by atoms with van der Waals surface area (Å²) in [7, 11) is -2.57. The van der Waals surface area contributed by atoms with Gasteiger partial charge in [-0.25, -0.2) is 13.2 Å². The first-order valence-electron chi connectivity index (χ1n) is 9.37. The van der Waals surface area contributed by atoms with Crippen LogP contribution in [-0.4, -0.2) is 26.5 Å². The SMILES string of the molecule is COC(=O)c1cc(C)c2c(c1)S(=O)(=O)Cc1cc(NCc3cccnc3)cc(Cl)c1O2. The highest BCUT2D eigenvalue weighted by Crippen LogP contribution is 2.44. The van der Waals surface area contributed by atoms with E-state index in [4.69, 9.17) is 21.1 Å². The number of ether oxygens (including phenoxy) is 2. The predicted molar refractivity (Wildman–Crippen MR) is 116 cm³/mol. The van der Waals surface area contributed by atoms with Gasteiger partial charge in [0, 0.05) is 30.2 Å². The van der Waals surface area contributed by atoms with Crippen LogP contribution in [0.25, 0.3) is 0 Å². The maximum Gasteiger partial charge on any atom is 0.337 e. The van der Waals surface area contributed by atoms with Crippen LogP contribution < -0.4 is 10.1 Å². The first-order chi connectivity index (χ1) is 14.8. The fourth-order valence-electron chi connectivity index (χ4n) is 3.40. The molecule has 0 saturated carbocycles. The van der Waals surface area contributed by atoms with E-state index >= 15 is 0 Å². The van der Waals surface area contributed by atoms with E-state index in [-0.39, 0.29) is 32.7 Å². The molecule has 1 aliphatic heterocycles. The highest BCUT2D eigenvalue weighted by Gasteiger charge is 2.31. The standard InChI is InChI=1S/C22H19ClN2O5S/c1-13-6-15(22(26)29-2)8-19-20(13)30-21-16(12-31(19,27)28)7-17(9-18(21)23)25-11-14-4-3-5-24-10-14/h3-10,25H,11-12H2,1-2H3. The molecule has 4 rings (SSSR count). The van der Waals surface area contributed by atoms with Crippen LogP contribution in [-0.2, 0) is 26.9 Å². The van der Waals surface area contributed by atoms with Crippen LogP contribution in [0.2, 0.25) is 5.02 Å². The summed E-state index contributed by atoms with van der Waals surface area (Å²) in [5.74, 6) is -0.501. The summed E-state index contributed by atoms with van der Waals surface area (Å²) in [6.45, 7) is 2.17. The number of rotatable bonds is 4. The minimum atomic E-state index is -3.81. The van der Waals surface area contributed by atoms with E-state index in [1.54, 1.807) is 31.5 Å². The van der Waals surface area contributed by atoms with E-state index in [1.807, 2.05) is 12.1 Å².